The highest BCUT2D eigenvalue weighted by atomic mass is 35.5. The summed E-state index contributed by atoms with van der Waals surface area (Å²) < 4.78 is 58.6. The fourth-order valence-electron chi connectivity index (χ4n) is 2.33. The molecule has 1 aromatic heterocycles. The number of ether oxygens (including phenoxy) is 1. The highest BCUT2D eigenvalue weighted by Crippen LogP contribution is 2.34. The molecule has 3 rings (SSSR count). The van der Waals surface area contributed by atoms with E-state index in [-0.39, 0.29) is 22.1 Å². The van der Waals surface area contributed by atoms with Crippen molar-refractivity contribution in [2.24, 2.45) is 0 Å². The Bertz CT molecular complexity index is 1140. The molecule has 0 radical (unpaired) electrons. The molecule has 0 aliphatic rings. The van der Waals surface area contributed by atoms with E-state index in [2.05, 4.69) is 0 Å². The molecule has 2 aromatic carbocycles. The maximum Gasteiger partial charge on any atom is 0.341 e. The highest BCUT2D eigenvalue weighted by Gasteiger charge is 2.26. The van der Waals surface area contributed by atoms with E-state index in [1.165, 1.54) is 24.3 Å². The predicted octanol–water partition coefficient (Wildman–Crippen LogP) is 4.54. The number of hydrogen-bond acceptors (Lipinski definition) is 5. The van der Waals surface area contributed by atoms with Gasteiger partial charge >= 0.3 is 11.4 Å². The fourth-order valence-corrected chi connectivity index (χ4v) is 3.25. The molecule has 0 aliphatic heterocycles. The molecule has 0 saturated carbocycles. The van der Waals surface area contributed by atoms with Gasteiger partial charge in [0.05, 0.1) is 9.92 Å². The topological polar surface area (TPSA) is 73.6 Å². The summed E-state index contributed by atoms with van der Waals surface area (Å²) in [6, 6.07) is 8.80. The molecule has 3 aromatic rings. The number of aryl methyl sites for hydroxylation is 1. The van der Waals surface area contributed by atoms with Gasteiger partial charge in [0.15, 0.2) is 0 Å². The van der Waals surface area contributed by atoms with Gasteiger partial charge in [-0.3, -0.25) is 0 Å². The summed E-state index contributed by atoms with van der Waals surface area (Å²) in [6.07, 6.45) is 0. The lowest BCUT2D eigenvalue weighted by Gasteiger charge is -2.10. The van der Waals surface area contributed by atoms with E-state index < -0.39 is 26.1 Å². The average Bonchev–Trinajstić information content (AvgIpc) is 2.57. The first-order valence-electron chi connectivity index (χ1n) is 7.22. The molecule has 9 heteroatoms. The zero-order valence-corrected chi connectivity index (χ0v) is 14.8. The van der Waals surface area contributed by atoms with Gasteiger partial charge in [-0.2, -0.15) is 8.78 Å². The van der Waals surface area contributed by atoms with Crippen LogP contribution in [0.4, 0.5) is 8.78 Å². The summed E-state index contributed by atoms with van der Waals surface area (Å²) >= 11 is 6.17. The lowest BCUT2D eigenvalue weighted by atomic mass is 10.1. The number of fused-ring (bicyclic) bond motifs is 1. The number of sulfone groups is 1. The SMILES string of the molecule is Cc1cc(=O)oc2cc(Oc3ccc(S(=O)(=O)C(F)F)cc3)c(Cl)cc12. The van der Waals surface area contributed by atoms with E-state index in [0.29, 0.717) is 10.9 Å². The zero-order chi connectivity index (χ0) is 19.1. The first-order chi connectivity index (χ1) is 12.2. The minimum Gasteiger partial charge on any atom is -0.456 e. The minimum absolute atomic E-state index is 0.164. The number of hydrogen-bond donors (Lipinski definition) is 0. The van der Waals surface area contributed by atoms with Crippen LogP contribution < -0.4 is 10.4 Å². The first kappa shape index (κ1) is 18.3. The van der Waals surface area contributed by atoms with Crippen LogP contribution in [-0.2, 0) is 9.84 Å². The van der Waals surface area contributed by atoms with E-state index in [1.54, 1.807) is 13.0 Å². The van der Waals surface area contributed by atoms with Crippen LogP contribution in [0.2, 0.25) is 5.02 Å². The quantitative estimate of drug-likeness (QED) is 0.601. The second-order valence-corrected chi connectivity index (χ2v) is 7.73. The largest absolute Gasteiger partial charge is 0.456 e. The molecule has 136 valence electrons. The van der Waals surface area contributed by atoms with Crippen LogP contribution in [0.25, 0.3) is 11.0 Å². The van der Waals surface area contributed by atoms with Crippen molar-refractivity contribution >= 4 is 32.4 Å². The molecule has 0 amide bonds. The number of halogens is 3. The van der Waals surface area contributed by atoms with Gasteiger partial charge in [0.1, 0.15) is 17.1 Å². The van der Waals surface area contributed by atoms with Crippen molar-refractivity contribution in [1.82, 2.24) is 0 Å². The van der Waals surface area contributed by atoms with Crippen LogP contribution in [0.5, 0.6) is 11.5 Å². The van der Waals surface area contributed by atoms with Crippen molar-refractivity contribution in [2.45, 2.75) is 17.6 Å². The van der Waals surface area contributed by atoms with Crippen LogP contribution in [0.15, 0.2) is 56.6 Å². The third kappa shape index (κ3) is 3.42. The molecule has 0 N–H and O–H groups in total. The lowest BCUT2D eigenvalue weighted by Crippen LogP contribution is -2.11. The summed E-state index contributed by atoms with van der Waals surface area (Å²) in [7, 11) is -4.68. The van der Waals surface area contributed by atoms with Crippen LogP contribution in [0, 0.1) is 6.92 Å². The number of alkyl halides is 2. The monoisotopic (exact) mass is 400 g/mol. The molecule has 0 atom stereocenters. The van der Waals surface area contributed by atoms with Crippen molar-refractivity contribution in [3.05, 3.63) is 63.5 Å². The summed E-state index contributed by atoms with van der Waals surface area (Å²) in [4.78, 5) is 11.0. The molecule has 0 bridgehead atoms. The Morgan fingerprint density at radius 1 is 1.12 bits per heavy atom. The average molecular weight is 401 g/mol. The smallest absolute Gasteiger partial charge is 0.341 e. The summed E-state index contributed by atoms with van der Waals surface area (Å²) in [5, 5.41) is 0.874. The van der Waals surface area contributed by atoms with Gasteiger partial charge in [-0.15, -0.1) is 0 Å². The molecule has 0 fully saturated rings. The number of benzene rings is 2. The van der Waals surface area contributed by atoms with Gasteiger partial charge in [0.2, 0.25) is 9.84 Å². The molecule has 0 unspecified atom stereocenters. The van der Waals surface area contributed by atoms with Gasteiger partial charge < -0.3 is 9.15 Å². The van der Waals surface area contributed by atoms with Gasteiger partial charge in [0.25, 0.3) is 0 Å². The standard InChI is InChI=1S/C17H11ClF2O5S/c1-9-6-16(21)25-14-8-15(13(18)7-12(9)14)24-10-2-4-11(5-3-10)26(22,23)17(19)20/h2-8,17H,1H3. The van der Waals surface area contributed by atoms with Crippen LogP contribution in [0.1, 0.15) is 5.56 Å². The molecular weight excluding hydrogens is 390 g/mol. The van der Waals surface area contributed by atoms with Crippen molar-refractivity contribution in [2.75, 3.05) is 0 Å². The van der Waals surface area contributed by atoms with Crippen LogP contribution in [-0.4, -0.2) is 14.2 Å². The molecule has 5 nitrogen and oxygen atoms in total. The van der Waals surface area contributed by atoms with E-state index in [1.807, 2.05) is 0 Å². The maximum atomic E-state index is 12.5. The Morgan fingerprint density at radius 3 is 2.38 bits per heavy atom. The van der Waals surface area contributed by atoms with Gasteiger partial charge in [-0.05, 0) is 42.8 Å². The van der Waals surface area contributed by atoms with E-state index in [9.17, 15) is 22.0 Å². The Kier molecular flexibility index (Phi) is 4.72. The Balaban J connectivity index is 1.96. The second-order valence-electron chi connectivity index (χ2n) is 5.41. The molecule has 1 heterocycles. The normalized spacial score (nSPS) is 11.9. The highest BCUT2D eigenvalue weighted by molar-refractivity contribution is 7.91. The van der Waals surface area contributed by atoms with E-state index in [0.717, 1.165) is 12.1 Å². The Labute approximate surface area is 151 Å². The van der Waals surface area contributed by atoms with Gasteiger partial charge in [-0.1, -0.05) is 11.6 Å². The summed E-state index contributed by atoms with van der Waals surface area (Å²) in [6.45, 7) is 1.73. The second kappa shape index (κ2) is 6.69. The van der Waals surface area contributed by atoms with Crippen molar-refractivity contribution in [1.29, 1.82) is 0 Å². The molecule has 0 aliphatic carbocycles. The van der Waals surface area contributed by atoms with Crippen LogP contribution in [0.3, 0.4) is 0 Å². The first-order valence-corrected chi connectivity index (χ1v) is 9.15. The zero-order valence-electron chi connectivity index (χ0n) is 13.2. The fraction of sp³-hybridized carbons (Fsp3) is 0.118. The molecule has 26 heavy (non-hydrogen) atoms. The van der Waals surface area contributed by atoms with Crippen molar-refractivity contribution < 1.29 is 26.4 Å². The third-order valence-electron chi connectivity index (χ3n) is 3.62. The third-order valence-corrected chi connectivity index (χ3v) is 5.31. The molecule has 0 spiro atoms. The van der Waals surface area contributed by atoms with Crippen molar-refractivity contribution in [3.8, 4) is 11.5 Å². The minimum atomic E-state index is -4.68. The Hall–Kier alpha value is -2.45. The van der Waals surface area contributed by atoms with Gasteiger partial charge in [-0.25, -0.2) is 13.2 Å². The lowest BCUT2D eigenvalue weighted by molar-refractivity contribution is 0.234. The predicted molar refractivity (Wildman–Crippen MR) is 91.9 cm³/mol. The summed E-state index contributed by atoms with van der Waals surface area (Å²) in [5.74, 6) is -3.16. The van der Waals surface area contributed by atoms with Crippen molar-refractivity contribution in [3.63, 3.8) is 0 Å². The van der Waals surface area contributed by atoms with E-state index in [4.69, 9.17) is 20.8 Å². The van der Waals surface area contributed by atoms with E-state index >= 15 is 0 Å². The molecule has 0 saturated heterocycles. The summed E-state index contributed by atoms with van der Waals surface area (Å²) in [5.41, 5.74) is 0.433. The molecular formula is C17H11ClF2O5S. The Morgan fingerprint density at radius 2 is 1.77 bits per heavy atom. The van der Waals surface area contributed by atoms with Gasteiger partial charge in [0, 0.05) is 17.5 Å². The maximum absolute atomic E-state index is 12.5. The van der Waals surface area contributed by atoms with Crippen LogP contribution >= 0.6 is 11.6 Å². The number of rotatable bonds is 4.